The SMILES string of the molecule is O=C(Nc1ccc(N2CCCC2)c(F)c1)C1CCN(C(=O)CCc2cc(=O)[nH]o2)C1. The van der Waals surface area contributed by atoms with Crippen LogP contribution in [0.5, 0.6) is 0 Å². The molecule has 1 unspecified atom stereocenters. The summed E-state index contributed by atoms with van der Waals surface area (Å²) in [5.41, 5.74) is 0.661. The number of aromatic nitrogens is 1. The lowest BCUT2D eigenvalue weighted by Crippen LogP contribution is -2.31. The first-order valence-corrected chi connectivity index (χ1v) is 10.3. The van der Waals surface area contributed by atoms with E-state index in [-0.39, 0.29) is 35.5 Å². The predicted octanol–water partition coefficient (Wildman–Crippen LogP) is 2.13. The van der Waals surface area contributed by atoms with E-state index < -0.39 is 0 Å². The van der Waals surface area contributed by atoms with Crippen LogP contribution in [0.2, 0.25) is 0 Å². The number of H-pyrrole nitrogens is 1. The largest absolute Gasteiger partial charge is 0.384 e. The molecule has 1 aromatic carbocycles. The van der Waals surface area contributed by atoms with Gasteiger partial charge in [-0.25, -0.2) is 4.39 Å². The number of carbonyl (C=O) groups is 2. The number of aromatic amines is 1. The summed E-state index contributed by atoms with van der Waals surface area (Å²) >= 11 is 0. The number of anilines is 2. The highest BCUT2D eigenvalue weighted by Gasteiger charge is 2.31. The molecule has 2 N–H and O–H groups in total. The minimum Gasteiger partial charge on any atom is -0.384 e. The summed E-state index contributed by atoms with van der Waals surface area (Å²) in [5.74, 6) is -0.540. The van der Waals surface area contributed by atoms with E-state index in [0.717, 1.165) is 25.9 Å². The molecule has 0 radical (unpaired) electrons. The molecule has 2 aliphatic heterocycles. The first kappa shape index (κ1) is 20.2. The highest BCUT2D eigenvalue weighted by Crippen LogP contribution is 2.27. The third kappa shape index (κ3) is 4.55. The van der Waals surface area contributed by atoms with Gasteiger partial charge >= 0.3 is 0 Å². The van der Waals surface area contributed by atoms with E-state index >= 15 is 0 Å². The van der Waals surface area contributed by atoms with Crippen LogP contribution in [0.1, 0.15) is 31.4 Å². The molecule has 1 aromatic heterocycles. The zero-order chi connectivity index (χ0) is 21.1. The van der Waals surface area contributed by atoms with Crippen molar-refractivity contribution in [3.63, 3.8) is 0 Å². The zero-order valence-corrected chi connectivity index (χ0v) is 16.7. The van der Waals surface area contributed by atoms with E-state index in [2.05, 4.69) is 10.5 Å². The number of benzene rings is 1. The molecule has 0 aliphatic carbocycles. The molecule has 30 heavy (non-hydrogen) atoms. The summed E-state index contributed by atoms with van der Waals surface area (Å²) < 4.78 is 19.4. The van der Waals surface area contributed by atoms with Crippen LogP contribution in [-0.2, 0) is 16.0 Å². The Hall–Kier alpha value is -3.10. The maximum absolute atomic E-state index is 14.4. The Kier molecular flexibility index (Phi) is 5.87. The number of hydrogen-bond acceptors (Lipinski definition) is 5. The van der Waals surface area contributed by atoms with Crippen molar-refractivity contribution in [1.82, 2.24) is 10.1 Å². The van der Waals surface area contributed by atoms with Crippen molar-refractivity contribution in [2.45, 2.75) is 32.1 Å². The molecule has 2 aliphatic rings. The smallest absolute Gasteiger partial charge is 0.280 e. The lowest BCUT2D eigenvalue weighted by Gasteiger charge is -2.19. The summed E-state index contributed by atoms with van der Waals surface area (Å²) in [6.07, 6.45) is 3.22. The molecule has 9 heteroatoms. The Labute approximate surface area is 173 Å². The van der Waals surface area contributed by atoms with E-state index in [1.807, 2.05) is 4.90 Å². The minimum absolute atomic E-state index is 0.0878. The molecular formula is C21H25FN4O4. The van der Waals surface area contributed by atoms with E-state index in [0.29, 0.717) is 43.1 Å². The molecule has 0 saturated carbocycles. The van der Waals surface area contributed by atoms with Crippen molar-refractivity contribution >= 4 is 23.2 Å². The molecule has 0 spiro atoms. The zero-order valence-electron chi connectivity index (χ0n) is 16.7. The summed E-state index contributed by atoms with van der Waals surface area (Å²) in [5, 5.41) is 4.97. The van der Waals surface area contributed by atoms with Crippen LogP contribution in [0.4, 0.5) is 15.8 Å². The van der Waals surface area contributed by atoms with Crippen LogP contribution in [-0.4, -0.2) is 48.0 Å². The minimum atomic E-state index is -0.339. The van der Waals surface area contributed by atoms with Gasteiger partial charge in [-0.2, -0.15) is 5.16 Å². The Balaban J connectivity index is 1.28. The quantitative estimate of drug-likeness (QED) is 0.752. The second-order valence-electron chi connectivity index (χ2n) is 7.85. The molecule has 0 bridgehead atoms. The van der Waals surface area contributed by atoms with Crippen LogP contribution >= 0.6 is 0 Å². The number of hydrogen-bond donors (Lipinski definition) is 2. The summed E-state index contributed by atoms with van der Waals surface area (Å²) in [4.78, 5) is 39.7. The number of aryl methyl sites for hydroxylation is 1. The molecule has 2 aromatic rings. The first-order valence-electron chi connectivity index (χ1n) is 10.3. The Morgan fingerprint density at radius 1 is 1.20 bits per heavy atom. The van der Waals surface area contributed by atoms with Gasteiger partial charge in [0.25, 0.3) is 5.56 Å². The maximum Gasteiger partial charge on any atom is 0.280 e. The maximum atomic E-state index is 14.4. The highest BCUT2D eigenvalue weighted by molar-refractivity contribution is 5.93. The van der Waals surface area contributed by atoms with Gasteiger partial charge < -0.3 is 19.6 Å². The monoisotopic (exact) mass is 416 g/mol. The Morgan fingerprint density at radius 3 is 2.70 bits per heavy atom. The lowest BCUT2D eigenvalue weighted by atomic mass is 10.1. The van der Waals surface area contributed by atoms with Crippen molar-refractivity contribution < 1.29 is 18.5 Å². The Morgan fingerprint density at radius 2 is 2.00 bits per heavy atom. The van der Waals surface area contributed by atoms with E-state index in [1.54, 1.807) is 17.0 Å². The predicted molar refractivity (Wildman–Crippen MR) is 109 cm³/mol. The number of likely N-dealkylation sites (tertiary alicyclic amines) is 1. The molecular weight excluding hydrogens is 391 g/mol. The second-order valence-corrected chi connectivity index (χ2v) is 7.85. The van der Waals surface area contributed by atoms with Gasteiger partial charge in [-0.3, -0.25) is 14.4 Å². The van der Waals surface area contributed by atoms with Crippen molar-refractivity contribution in [3.8, 4) is 0 Å². The standard InChI is InChI=1S/C21H25FN4O4/c22-17-11-15(3-5-18(17)25-8-1-2-9-25)23-21(29)14-7-10-26(13-14)20(28)6-4-16-12-19(27)24-30-16/h3,5,11-12,14H,1-2,4,6-10,13H2,(H,23,29)(H,24,27). The van der Waals surface area contributed by atoms with Gasteiger partial charge in [0.05, 0.1) is 11.6 Å². The highest BCUT2D eigenvalue weighted by atomic mass is 19.1. The summed E-state index contributed by atoms with van der Waals surface area (Å²) in [7, 11) is 0. The van der Waals surface area contributed by atoms with Gasteiger partial charge in [0.15, 0.2) is 0 Å². The molecule has 4 rings (SSSR count). The fourth-order valence-corrected chi connectivity index (χ4v) is 4.08. The molecule has 2 amide bonds. The third-order valence-corrected chi connectivity index (χ3v) is 5.73. The van der Waals surface area contributed by atoms with E-state index in [9.17, 15) is 18.8 Å². The normalized spacial score (nSPS) is 18.8. The van der Waals surface area contributed by atoms with Gasteiger partial charge in [0.1, 0.15) is 11.6 Å². The number of amides is 2. The van der Waals surface area contributed by atoms with Crippen molar-refractivity contribution in [2.75, 3.05) is 36.4 Å². The molecule has 2 fully saturated rings. The van der Waals surface area contributed by atoms with Crippen LogP contribution < -0.4 is 15.8 Å². The topological polar surface area (TPSA) is 98.6 Å². The van der Waals surface area contributed by atoms with Gasteiger partial charge in [0, 0.05) is 50.8 Å². The fourth-order valence-electron chi connectivity index (χ4n) is 4.08. The number of carbonyl (C=O) groups excluding carboxylic acids is 2. The van der Waals surface area contributed by atoms with Crippen LogP contribution in [0, 0.1) is 11.7 Å². The first-order chi connectivity index (χ1) is 14.5. The third-order valence-electron chi connectivity index (χ3n) is 5.73. The van der Waals surface area contributed by atoms with Crippen LogP contribution in [0.15, 0.2) is 33.6 Å². The Bertz CT molecular complexity index is 979. The van der Waals surface area contributed by atoms with Gasteiger partial charge in [0.2, 0.25) is 11.8 Å². The van der Waals surface area contributed by atoms with Crippen LogP contribution in [0.25, 0.3) is 0 Å². The van der Waals surface area contributed by atoms with E-state index in [4.69, 9.17) is 4.52 Å². The lowest BCUT2D eigenvalue weighted by molar-refractivity contribution is -0.130. The molecule has 8 nitrogen and oxygen atoms in total. The van der Waals surface area contributed by atoms with Gasteiger partial charge in [-0.1, -0.05) is 0 Å². The van der Waals surface area contributed by atoms with Crippen molar-refractivity contribution in [2.24, 2.45) is 5.92 Å². The van der Waals surface area contributed by atoms with Crippen molar-refractivity contribution in [3.05, 3.63) is 46.2 Å². The number of nitrogens with zero attached hydrogens (tertiary/aromatic N) is 2. The van der Waals surface area contributed by atoms with Crippen molar-refractivity contribution in [1.29, 1.82) is 0 Å². The molecule has 3 heterocycles. The number of rotatable bonds is 6. The average molecular weight is 416 g/mol. The fraction of sp³-hybridized carbons (Fsp3) is 0.476. The number of halogens is 1. The number of nitrogens with one attached hydrogen (secondary N) is 2. The average Bonchev–Trinajstić information content (AvgIpc) is 3.48. The molecule has 160 valence electrons. The summed E-state index contributed by atoms with van der Waals surface area (Å²) in [6, 6.07) is 6.10. The van der Waals surface area contributed by atoms with E-state index in [1.165, 1.54) is 12.1 Å². The van der Waals surface area contributed by atoms with Crippen LogP contribution in [0.3, 0.4) is 0 Å². The van der Waals surface area contributed by atoms with Gasteiger partial charge in [-0.05, 0) is 37.5 Å². The molecule has 1 atom stereocenters. The van der Waals surface area contributed by atoms with Gasteiger partial charge in [-0.15, -0.1) is 0 Å². The molecule has 2 saturated heterocycles. The second kappa shape index (κ2) is 8.73. The summed E-state index contributed by atoms with van der Waals surface area (Å²) in [6.45, 7) is 2.53.